The van der Waals surface area contributed by atoms with E-state index in [1.807, 2.05) is 0 Å². The van der Waals surface area contributed by atoms with Crippen molar-refractivity contribution in [2.75, 3.05) is 6.61 Å². The number of aliphatic hydroxyl groups is 3. The molecule has 1 aromatic heterocycles. The van der Waals surface area contributed by atoms with E-state index in [-0.39, 0.29) is 19.1 Å². The second-order valence-electron chi connectivity index (χ2n) is 4.76. The summed E-state index contributed by atoms with van der Waals surface area (Å²) in [4.78, 5) is 0. The Morgan fingerprint density at radius 3 is 2.74 bits per heavy atom. The molecule has 8 heteroatoms. The Bertz CT molecular complexity index is 411. The van der Waals surface area contributed by atoms with Gasteiger partial charge in [-0.3, -0.25) is 4.68 Å². The molecule has 1 aliphatic rings. The van der Waals surface area contributed by atoms with E-state index in [0.29, 0.717) is 5.69 Å². The molecule has 0 amide bonds. The van der Waals surface area contributed by atoms with Gasteiger partial charge in [-0.05, 0) is 0 Å². The van der Waals surface area contributed by atoms with Gasteiger partial charge in [0.05, 0.1) is 31.6 Å². The van der Waals surface area contributed by atoms with Gasteiger partial charge in [0.2, 0.25) is 0 Å². The Balaban J connectivity index is 1.95. The van der Waals surface area contributed by atoms with E-state index in [0.717, 1.165) is 0 Å². The third-order valence-electron chi connectivity index (χ3n) is 3.29. The average Bonchev–Trinajstić information content (AvgIpc) is 2.81. The Kier molecular flexibility index (Phi) is 4.48. The number of rotatable bonds is 4. The maximum atomic E-state index is 9.88. The van der Waals surface area contributed by atoms with Gasteiger partial charge in [-0.1, -0.05) is 12.1 Å². The van der Waals surface area contributed by atoms with Crippen LogP contribution in [0, 0.1) is 5.92 Å². The van der Waals surface area contributed by atoms with E-state index >= 15 is 0 Å². The molecule has 0 radical (unpaired) electrons. The van der Waals surface area contributed by atoms with Crippen molar-refractivity contribution in [2.24, 2.45) is 13.0 Å². The third-order valence-corrected chi connectivity index (χ3v) is 3.29. The van der Waals surface area contributed by atoms with Gasteiger partial charge < -0.3 is 24.8 Å². The lowest BCUT2D eigenvalue weighted by molar-refractivity contribution is -0.291. The molecule has 108 valence electrons. The second kappa shape index (κ2) is 5.93. The molecule has 0 aromatic carbocycles. The van der Waals surface area contributed by atoms with Gasteiger partial charge in [-0.15, -0.1) is 5.10 Å². The summed E-state index contributed by atoms with van der Waals surface area (Å²) < 4.78 is 12.3. The summed E-state index contributed by atoms with van der Waals surface area (Å²) in [6, 6.07) is 0. The van der Waals surface area contributed by atoms with Crippen molar-refractivity contribution in [1.82, 2.24) is 15.0 Å². The SMILES string of the molecule is C[C@H]1C(CO)O[C@@H](OCc2cn(C)nn2)[C@@H](O)C1O. The predicted octanol–water partition coefficient (Wildman–Crippen LogP) is -1.59. The highest BCUT2D eigenvalue weighted by atomic mass is 16.7. The van der Waals surface area contributed by atoms with Crippen LogP contribution in [0.1, 0.15) is 12.6 Å². The smallest absolute Gasteiger partial charge is 0.186 e. The van der Waals surface area contributed by atoms with Gasteiger partial charge in [0.15, 0.2) is 6.29 Å². The molecule has 0 bridgehead atoms. The number of ether oxygens (including phenoxy) is 2. The first-order valence-corrected chi connectivity index (χ1v) is 6.12. The minimum atomic E-state index is -1.16. The molecule has 1 aliphatic heterocycles. The number of nitrogens with zero attached hydrogens (tertiary/aromatic N) is 3. The fourth-order valence-corrected chi connectivity index (χ4v) is 2.04. The molecular weight excluding hydrogens is 254 g/mol. The Labute approximate surface area is 110 Å². The van der Waals surface area contributed by atoms with Crippen LogP contribution < -0.4 is 0 Å². The lowest BCUT2D eigenvalue weighted by Gasteiger charge is -2.40. The largest absolute Gasteiger partial charge is 0.394 e. The molecule has 3 N–H and O–H groups in total. The van der Waals surface area contributed by atoms with E-state index in [4.69, 9.17) is 9.47 Å². The maximum absolute atomic E-state index is 9.88. The Morgan fingerprint density at radius 1 is 1.42 bits per heavy atom. The fraction of sp³-hybridized carbons (Fsp3) is 0.818. The normalized spacial score (nSPS) is 35.5. The van der Waals surface area contributed by atoms with E-state index in [2.05, 4.69) is 10.3 Å². The van der Waals surface area contributed by atoms with Crippen molar-refractivity contribution < 1.29 is 24.8 Å². The van der Waals surface area contributed by atoms with Crippen molar-refractivity contribution in [3.8, 4) is 0 Å². The van der Waals surface area contributed by atoms with Crippen molar-refractivity contribution in [3.05, 3.63) is 11.9 Å². The van der Waals surface area contributed by atoms with Gasteiger partial charge in [-0.2, -0.15) is 0 Å². The van der Waals surface area contributed by atoms with Crippen LogP contribution in [0.5, 0.6) is 0 Å². The van der Waals surface area contributed by atoms with E-state index in [1.54, 1.807) is 20.2 Å². The molecule has 2 heterocycles. The Morgan fingerprint density at radius 2 is 2.16 bits per heavy atom. The highest BCUT2D eigenvalue weighted by Crippen LogP contribution is 2.26. The highest BCUT2D eigenvalue weighted by Gasteiger charge is 2.42. The molecule has 2 unspecified atom stereocenters. The molecule has 1 fully saturated rings. The zero-order valence-corrected chi connectivity index (χ0v) is 10.9. The first-order valence-electron chi connectivity index (χ1n) is 6.12. The van der Waals surface area contributed by atoms with E-state index in [9.17, 15) is 15.3 Å². The minimum Gasteiger partial charge on any atom is -0.394 e. The van der Waals surface area contributed by atoms with Gasteiger partial charge in [-0.25, -0.2) is 0 Å². The zero-order chi connectivity index (χ0) is 14.0. The maximum Gasteiger partial charge on any atom is 0.186 e. The van der Waals surface area contributed by atoms with Gasteiger partial charge in [0.1, 0.15) is 11.8 Å². The van der Waals surface area contributed by atoms with Crippen LogP contribution in [0.2, 0.25) is 0 Å². The minimum absolute atomic E-state index is 0.106. The fourth-order valence-electron chi connectivity index (χ4n) is 2.04. The van der Waals surface area contributed by atoms with Gasteiger partial charge in [0, 0.05) is 13.0 Å². The van der Waals surface area contributed by atoms with E-state index < -0.39 is 24.6 Å². The van der Waals surface area contributed by atoms with Gasteiger partial charge >= 0.3 is 0 Å². The standard InChI is InChI=1S/C11H19N3O5/c1-6-8(4-15)19-11(10(17)9(6)16)18-5-7-3-14(2)13-12-7/h3,6,8-11,15-17H,4-5H2,1-2H3/t6-,8?,9?,10-,11+/m0/s1. The van der Waals surface area contributed by atoms with Gasteiger partial charge in [0.25, 0.3) is 0 Å². The summed E-state index contributed by atoms with van der Waals surface area (Å²) in [5.41, 5.74) is 0.590. The van der Waals surface area contributed by atoms with Crippen LogP contribution in [0.15, 0.2) is 6.20 Å². The van der Waals surface area contributed by atoms with Crippen LogP contribution in [0.4, 0.5) is 0 Å². The molecule has 0 aliphatic carbocycles. The summed E-state index contributed by atoms with van der Waals surface area (Å²) in [7, 11) is 1.73. The third kappa shape index (κ3) is 3.10. The summed E-state index contributed by atoms with van der Waals surface area (Å²) >= 11 is 0. The molecule has 0 spiro atoms. The van der Waals surface area contributed by atoms with Crippen LogP contribution >= 0.6 is 0 Å². The first kappa shape index (κ1) is 14.4. The zero-order valence-electron chi connectivity index (χ0n) is 10.9. The van der Waals surface area contributed by atoms with Crippen LogP contribution in [0.3, 0.4) is 0 Å². The summed E-state index contributed by atoms with van der Waals surface area (Å²) in [6.45, 7) is 1.57. The monoisotopic (exact) mass is 273 g/mol. The molecule has 8 nitrogen and oxygen atoms in total. The van der Waals surface area contributed by atoms with Crippen molar-refractivity contribution in [1.29, 1.82) is 0 Å². The molecular formula is C11H19N3O5. The number of hydrogen-bond donors (Lipinski definition) is 3. The summed E-state index contributed by atoms with van der Waals surface area (Å²) in [5.74, 6) is -0.364. The van der Waals surface area contributed by atoms with Crippen molar-refractivity contribution in [3.63, 3.8) is 0 Å². The average molecular weight is 273 g/mol. The number of aryl methyl sites for hydroxylation is 1. The topological polar surface area (TPSA) is 110 Å². The van der Waals surface area contributed by atoms with Crippen molar-refractivity contribution in [2.45, 2.75) is 38.1 Å². The molecule has 2 rings (SSSR count). The number of aromatic nitrogens is 3. The molecule has 1 saturated heterocycles. The van der Waals surface area contributed by atoms with Crippen LogP contribution in [-0.4, -0.2) is 61.5 Å². The predicted molar refractivity (Wildman–Crippen MR) is 62.7 cm³/mol. The van der Waals surface area contributed by atoms with Crippen LogP contribution in [0.25, 0.3) is 0 Å². The Hall–Kier alpha value is -1.06. The molecule has 19 heavy (non-hydrogen) atoms. The number of hydrogen-bond acceptors (Lipinski definition) is 7. The van der Waals surface area contributed by atoms with Crippen molar-refractivity contribution >= 4 is 0 Å². The highest BCUT2D eigenvalue weighted by molar-refractivity contribution is 4.90. The van der Waals surface area contributed by atoms with E-state index in [1.165, 1.54) is 4.68 Å². The number of aliphatic hydroxyl groups excluding tert-OH is 3. The molecule has 0 saturated carbocycles. The summed E-state index contributed by atoms with van der Waals surface area (Å²) in [6.07, 6.45) is -2.04. The second-order valence-corrected chi connectivity index (χ2v) is 4.76. The first-order chi connectivity index (χ1) is 9.02. The lowest BCUT2D eigenvalue weighted by atomic mass is 9.91. The summed E-state index contributed by atoms with van der Waals surface area (Å²) in [5, 5.41) is 36.5. The molecule has 5 atom stereocenters. The quantitative estimate of drug-likeness (QED) is 0.606. The van der Waals surface area contributed by atoms with Crippen LogP contribution in [-0.2, 0) is 23.1 Å². The lowest BCUT2D eigenvalue weighted by Crippen LogP contribution is -2.55. The molecule has 1 aromatic rings.